The van der Waals surface area contributed by atoms with E-state index < -0.39 is 12.0 Å². The van der Waals surface area contributed by atoms with Crippen LogP contribution in [0.1, 0.15) is 13.3 Å². The molecule has 1 amide bonds. The molecule has 0 saturated carbocycles. The minimum atomic E-state index is -0.784. The van der Waals surface area contributed by atoms with Crippen molar-refractivity contribution >= 4 is 23.5 Å². The van der Waals surface area contributed by atoms with Gasteiger partial charge in [-0.2, -0.15) is 4.98 Å². The van der Waals surface area contributed by atoms with Gasteiger partial charge in [0.25, 0.3) is 17.7 Å². The standard InChI is InChI=1S/C18H15ClFN3O3/c1-2-15(25-14-8-6-13(20)7-9-14)16(24)21-18-22-17(26-23-18)11-4-3-5-12(19)10-11/h3-10,15H,2H2,1H3,(H,21,23,24)/t15-/m0/s1. The average Bonchev–Trinajstić information content (AvgIpc) is 3.09. The summed E-state index contributed by atoms with van der Waals surface area (Å²) in [5, 5.41) is 6.81. The van der Waals surface area contributed by atoms with Gasteiger partial charge in [0.05, 0.1) is 0 Å². The molecule has 0 saturated heterocycles. The zero-order chi connectivity index (χ0) is 18.5. The van der Waals surface area contributed by atoms with Crippen LogP contribution in [-0.2, 0) is 4.79 Å². The Hall–Kier alpha value is -2.93. The van der Waals surface area contributed by atoms with E-state index in [1.807, 2.05) is 0 Å². The number of benzene rings is 2. The van der Waals surface area contributed by atoms with Crippen LogP contribution in [0.25, 0.3) is 11.5 Å². The summed E-state index contributed by atoms with van der Waals surface area (Å²) in [6.45, 7) is 1.79. The molecule has 0 radical (unpaired) electrons. The summed E-state index contributed by atoms with van der Waals surface area (Å²) < 4.78 is 23.7. The number of rotatable bonds is 6. The van der Waals surface area contributed by atoms with Crippen LogP contribution in [-0.4, -0.2) is 22.2 Å². The van der Waals surface area contributed by atoms with Crippen molar-refractivity contribution in [2.45, 2.75) is 19.4 Å². The highest BCUT2D eigenvalue weighted by Gasteiger charge is 2.21. The first-order valence-electron chi connectivity index (χ1n) is 7.88. The number of nitrogens with zero attached hydrogens (tertiary/aromatic N) is 2. The number of aromatic nitrogens is 2. The second kappa shape index (κ2) is 7.97. The van der Waals surface area contributed by atoms with Crippen LogP contribution >= 0.6 is 11.6 Å². The molecule has 0 aliphatic carbocycles. The van der Waals surface area contributed by atoms with Crippen LogP contribution in [0, 0.1) is 5.82 Å². The van der Waals surface area contributed by atoms with Gasteiger partial charge in [-0.3, -0.25) is 10.1 Å². The first kappa shape index (κ1) is 17.9. The van der Waals surface area contributed by atoms with E-state index >= 15 is 0 Å². The number of ether oxygens (including phenoxy) is 1. The summed E-state index contributed by atoms with van der Waals surface area (Å²) in [4.78, 5) is 16.5. The van der Waals surface area contributed by atoms with Crippen molar-refractivity contribution in [3.63, 3.8) is 0 Å². The van der Waals surface area contributed by atoms with Crippen LogP contribution in [0.15, 0.2) is 53.1 Å². The highest BCUT2D eigenvalue weighted by Crippen LogP contribution is 2.22. The van der Waals surface area contributed by atoms with Gasteiger partial charge < -0.3 is 9.26 Å². The SMILES string of the molecule is CC[C@H](Oc1ccc(F)cc1)C(=O)Nc1noc(-c2cccc(Cl)c2)n1. The van der Waals surface area contributed by atoms with E-state index in [1.165, 1.54) is 24.3 Å². The molecule has 1 heterocycles. The second-order valence-corrected chi connectivity index (χ2v) is 5.83. The maximum Gasteiger partial charge on any atom is 0.270 e. The van der Waals surface area contributed by atoms with Crippen molar-refractivity contribution in [3.05, 3.63) is 59.4 Å². The summed E-state index contributed by atoms with van der Waals surface area (Å²) in [5.41, 5.74) is 0.639. The Kier molecular flexibility index (Phi) is 5.48. The molecule has 0 fully saturated rings. The van der Waals surface area contributed by atoms with E-state index in [0.29, 0.717) is 22.8 Å². The fourth-order valence-corrected chi connectivity index (χ4v) is 2.39. The molecule has 0 aliphatic rings. The van der Waals surface area contributed by atoms with Crippen molar-refractivity contribution in [2.75, 3.05) is 5.32 Å². The Balaban J connectivity index is 1.67. The van der Waals surface area contributed by atoms with E-state index in [4.69, 9.17) is 20.9 Å². The third-order valence-electron chi connectivity index (χ3n) is 3.49. The highest BCUT2D eigenvalue weighted by atomic mass is 35.5. The number of hydrogen-bond donors (Lipinski definition) is 1. The fraction of sp³-hybridized carbons (Fsp3) is 0.167. The third-order valence-corrected chi connectivity index (χ3v) is 3.72. The van der Waals surface area contributed by atoms with Crippen molar-refractivity contribution in [2.24, 2.45) is 0 Å². The number of amides is 1. The Morgan fingerprint density at radius 3 is 2.77 bits per heavy atom. The molecule has 0 spiro atoms. The number of carbonyl (C=O) groups excluding carboxylic acids is 1. The molecule has 134 valence electrons. The highest BCUT2D eigenvalue weighted by molar-refractivity contribution is 6.30. The van der Waals surface area contributed by atoms with E-state index in [0.717, 1.165) is 0 Å². The average molecular weight is 376 g/mol. The van der Waals surface area contributed by atoms with Gasteiger partial charge in [0.1, 0.15) is 11.6 Å². The van der Waals surface area contributed by atoms with Gasteiger partial charge in [0.15, 0.2) is 6.10 Å². The quantitative estimate of drug-likeness (QED) is 0.694. The predicted molar refractivity (Wildman–Crippen MR) is 94.5 cm³/mol. The van der Waals surface area contributed by atoms with Gasteiger partial charge in [0, 0.05) is 10.6 Å². The molecule has 26 heavy (non-hydrogen) atoms. The number of halogens is 2. The van der Waals surface area contributed by atoms with Gasteiger partial charge in [-0.05, 0) is 54.0 Å². The second-order valence-electron chi connectivity index (χ2n) is 5.39. The van der Waals surface area contributed by atoms with Gasteiger partial charge in [-0.25, -0.2) is 4.39 Å². The molecular weight excluding hydrogens is 361 g/mol. The van der Waals surface area contributed by atoms with Crippen molar-refractivity contribution in [1.29, 1.82) is 0 Å². The number of nitrogens with one attached hydrogen (secondary N) is 1. The van der Waals surface area contributed by atoms with Crippen LogP contribution < -0.4 is 10.1 Å². The molecular formula is C18H15ClFN3O3. The monoisotopic (exact) mass is 375 g/mol. The maximum absolute atomic E-state index is 12.9. The molecule has 1 N–H and O–H groups in total. The molecule has 0 aliphatic heterocycles. The van der Waals surface area contributed by atoms with E-state index in [9.17, 15) is 9.18 Å². The molecule has 0 bridgehead atoms. The van der Waals surface area contributed by atoms with Crippen LogP contribution in [0.2, 0.25) is 5.02 Å². The van der Waals surface area contributed by atoms with E-state index in [-0.39, 0.29) is 17.7 Å². The lowest BCUT2D eigenvalue weighted by atomic mass is 10.2. The molecule has 3 rings (SSSR count). The normalized spacial score (nSPS) is 11.8. The van der Waals surface area contributed by atoms with Crippen LogP contribution in [0.5, 0.6) is 5.75 Å². The van der Waals surface area contributed by atoms with Crippen LogP contribution in [0.4, 0.5) is 10.3 Å². The Bertz CT molecular complexity index is 899. The maximum atomic E-state index is 12.9. The lowest BCUT2D eigenvalue weighted by Crippen LogP contribution is -2.32. The number of hydrogen-bond acceptors (Lipinski definition) is 5. The molecule has 8 heteroatoms. The van der Waals surface area contributed by atoms with Crippen molar-refractivity contribution in [3.8, 4) is 17.2 Å². The fourth-order valence-electron chi connectivity index (χ4n) is 2.20. The molecule has 2 aromatic carbocycles. The predicted octanol–water partition coefficient (Wildman–Crippen LogP) is 4.33. The third kappa shape index (κ3) is 4.37. The van der Waals surface area contributed by atoms with Crippen LogP contribution in [0.3, 0.4) is 0 Å². The summed E-state index contributed by atoms with van der Waals surface area (Å²) in [6.07, 6.45) is -0.379. The smallest absolute Gasteiger partial charge is 0.270 e. The largest absolute Gasteiger partial charge is 0.481 e. The van der Waals surface area contributed by atoms with Crippen molar-refractivity contribution in [1.82, 2.24) is 10.1 Å². The first-order valence-corrected chi connectivity index (χ1v) is 8.25. The number of anilines is 1. The minimum absolute atomic E-state index is 0.0196. The molecule has 1 aromatic heterocycles. The Labute approximate surface area is 153 Å². The van der Waals surface area contributed by atoms with E-state index in [2.05, 4.69) is 15.5 Å². The molecule has 1 atom stereocenters. The summed E-state index contributed by atoms with van der Waals surface area (Å²) in [5.74, 6) is -0.173. The zero-order valence-electron chi connectivity index (χ0n) is 13.8. The Morgan fingerprint density at radius 1 is 1.31 bits per heavy atom. The molecule has 6 nitrogen and oxygen atoms in total. The van der Waals surface area contributed by atoms with Gasteiger partial charge in [0.2, 0.25) is 0 Å². The zero-order valence-corrected chi connectivity index (χ0v) is 14.5. The van der Waals surface area contributed by atoms with Gasteiger partial charge in [-0.1, -0.05) is 24.6 Å². The minimum Gasteiger partial charge on any atom is -0.481 e. The molecule has 3 aromatic rings. The summed E-state index contributed by atoms with van der Waals surface area (Å²) in [6, 6.07) is 12.3. The Morgan fingerprint density at radius 2 is 2.08 bits per heavy atom. The summed E-state index contributed by atoms with van der Waals surface area (Å²) in [7, 11) is 0. The topological polar surface area (TPSA) is 77.2 Å². The van der Waals surface area contributed by atoms with E-state index in [1.54, 1.807) is 31.2 Å². The molecule has 0 unspecified atom stereocenters. The first-order chi connectivity index (χ1) is 12.5. The van der Waals surface area contributed by atoms with Gasteiger partial charge >= 0.3 is 0 Å². The van der Waals surface area contributed by atoms with Crippen molar-refractivity contribution < 1.29 is 18.4 Å². The van der Waals surface area contributed by atoms with Gasteiger partial charge in [-0.15, -0.1) is 0 Å². The lowest BCUT2D eigenvalue weighted by Gasteiger charge is -2.15. The lowest BCUT2D eigenvalue weighted by molar-refractivity contribution is -0.122. The number of carbonyl (C=O) groups is 1. The summed E-state index contributed by atoms with van der Waals surface area (Å²) >= 11 is 5.93.